The summed E-state index contributed by atoms with van der Waals surface area (Å²) in [7, 11) is 1.78. The zero-order valence-corrected chi connectivity index (χ0v) is 23.7. The van der Waals surface area contributed by atoms with Crippen LogP contribution in [0.4, 0.5) is 10.6 Å². The maximum absolute atomic E-state index is 12.4. The molecule has 0 saturated carbocycles. The summed E-state index contributed by atoms with van der Waals surface area (Å²) in [5.74, 6) is 1.81. The molecule has 3 N–H and O–H groups in total. The summed E-state index contributed by atoms with van der Waals surface area (Å²) in [4.78, 5) is 23.8. The van der Waals surface area contributed by atoms with Gasteiger partial charge in [0.1, 0.15) is 11.4 Å². The summed E-state index contributed by atoms with van der Waals surface area (Å²) >= 11 is 0. The number of guanidine groups is 1. The Kier molecular flexibility index (Phi) is 11.7. The Labute approximate surface area is 216 Å². The first-order valence-corrected chi connectivity index (χ1v) is 11.8. The fraction of sp³-hybridized carbons (Fsp3) is 0.708. The van der Waals surface area contributed by atoms with Crippen molar-refractivity contribution in [2.45, 2.75) is 84.4 Å². The molecule has 0 bridgehead atoms. The number of aryl methyl sites for hydroxylation is 1. The molecule has 1 aliphatic heterocycles. The van der Waals surface area contributed by atoms with Gasteiger partial charge in [0.25, 0.3) is 0 Å². The zero-order valence-electron chi connectivity index (χ0n) is 21.3. The number of alkyl carbamates (subject to hydrolysis) is 1. The Morgan fingerprint density at radius 2 is 1.85 bits per heavy atom. The molecule has 1 aromatic heterocycles. The average Bonchev–Trinajstić information content (AvgIpc) is 2.74. The molecular formula is C24H43IN6O2. The van der Waals surface area contributed by atoms with E-state index in [1.54, 1.807) is 7.05 Å². The zero-order chi connectivity index (χ0) is 23.8. The van der Waals surface area contributed by atoms with Gasteiger partial charge >= 0.3 is 6.09 Å². The van der Waals surface area contributed by atoms with Crippen LogP contribution in [0.5, 0.6) is 0 Å². The first kappa shape index (κ1) is 29.3. The molecule has 0 unspecified atom stereocenters. The van der Waals surface area contributed by atoms with Gasteiger partial charge in [-0.05, 0) is 65.5 Å². The fourth-order valence-corrected chi connectivity index (χ4v) is 3.84. The van der Waals surface area contributed by atoms with E-state index in [1.165, 1.54) is 0 Å². The number of piperidine rings is 1. The number of rotatable bonds is 7. The van der Waals surface area contributed by atoms with Gasteiger partial charge in [-0.2, -0.15) is 0 Å². The highest BCUT2D eigenvalue weighted by Gasteiger charge is 2.31. The Hall–Kier alpha value is -1.78. The number of carbonyl (C=O) groups is 1. The molecule has 2 rings (SSSR count). The van der Waals surface area contributed by atoms with Gasteiger partial charge < -0.3 is 25.6 Å². The molecule has 0 spiro atoms. The lowest BCUT2D eigenvalue weighted by Gasteiger charge is -2.36. The number of halogens is 1. The predicted molar refractivity (Wildman–Crippen MR) is 147 cm³/mol. The second-order valence-electron chi connectivity index (χ2n) is 9.58. The minimum Gasteiger partial charge on any atom is -0.444 e. The van der Waals surface area contributed by atoms with Gasteiger partial charge in [-0.15, -0.1) is 24.0 Å². The van der Waals surface area contributed by atoms with Crippen LogP contribution in [0.3, 0.4) is 0 Å². The van der Waals surface area contributed by atoms with Gasteiger partial charge in [-0.1, -0.05) is 19.9 Å². The molecule has 1 aromatic rings. The van der Waals surface area contributed by atoms with Crippen LogP contribution in [0, 0.1) is 6.92 Å². The van der Waals surface area contributed by atoms with E-state index in [0.29, 0.717) is 12.6 Å². The number of hydrogen-bond donors (Lipinski definition) is 3. The molecule has 0 aliphatic carbocycles. The van der Waals surface area contributed by atoms with Crippen molar-refractivity contribution >= 4 is 41.8 Å². The van der Waals surface area contributed by atoms with Crippen molar-refractivity contribution < 1.29 is 9.53 Å². The molecule has 0 atom stereocenters. The van der Waals surface area contributed by atoms with Crippen LogP contribution in [0.1, 0.15) is 66.0 Å². The van der Waals surface area contributed by atoms with E-state index in [2.05, 4.69) is 56.8 Å². The molecule has 8 nitrogen and oxygen atoms in total. The molecule has 0 aromatic carbocycles. The second kappa shape index (κ2) is 13.2. The molecule has 1 fully saturated rings. The van der Waals surface area contributed by atoms with E-state index in [9.17, 15) is 4.79 Å². The number of nitrogens with zero attached hydrogens (tertiary/aromatic N) is 3. The smallest absolute Gasteiger partial charge is 0.408 e. The minimum absolute atomic E-state index is 0. The van der Waals surface area contributed by atoms with Crippen molar-refractivity contribution in [2.24, 2.45) is 4.99 Å². The summed E-state index contributed by atoms with van der Waals surface area (Å²) < 4.78 is 5.47. The highest BCUT2D eigenvalue weighted by molar-refractivity contribution is 14.0. The molecule has 33 heavy (non-hydrogen) atoms. The number of pyridine rings is 1. The maximum Gasteiger partial charge on any atom is 0.408 e. The normalized spacial score (nSPS) is 15.5. The van der Waals surface area contributed by atoms with Crippen LogP contribution in [0.15, 0.2) is 23.2 Å². The van der Waals surface area contributed by atoms with Gasteiger partial charge in [0.05, 0.1) is 5.54 Å². The quantitative estimate of drug-likeness (QED) is 0.257. The first-order valence-electron chi connectivity index (χ1n) is 11.8. The van der Waals surface area contributed by atoms with Crippen molar-refractivity contribution in [3.63, 3.8) is 0 Å². The third kappa shape index (κ3) is 9.54. The van der Waals surface area contributed by atoms with E-state index in [-0.39, 0.29) is 30.1 Å². The number of amides is 1. The van der Waals surface area contributed by atoms with E-state index < -0.39 is 11.1 Å². The summed E-state index contributed by atoms with van der Waals surface area (Å²) in [6.45, 7) is 14.3. The average molecular weight is 575 g/mol. The van der Waals surface area contributed by atoms with Gasteiger partial charge in [0.15, 0.2) is 5.96 Å². The number of aliphatic imine (C=N–C) groups is 1. The Balaban J connectivity index is 0.00000544. The molecule has 1 aliphatic rings. The third-order valence-corrected chi connectivity index (χ3v) is 5.97. The van der Waals surface area contributed by atoms with Gasteiger partial charge in [0.2, 0.25) is 0 Å². The van der Waals surface area contributed by atoms with Crippen LogP contribution >= 0.6 is 24.0 Å². The molecule has 188 valence electrons. The van der Waals surface area contributed by atoms with Crippen LogP contribution < -0.4 is 20.9 Å². The monoisotopic (exact) mass is 574 g/mol. The SMILES string of the molecule is CCC(CC)(CNC(=NC)NC1CCN(c2cccc(C)n2)CC1)NC(=O)OC(C)(C)C.I. The Morgan fingerprint density at radius 3 is 2.36 bits per heavy atom. The number of ether oxygens (including phenoxy) is 1. The van der Waals surface area contributed by atoms with Crippen LogP contribution in [-0.2, 0) is 4.74 Å². The van der Waals surface area contributed by atoms with E-state index in [1.807, 2.05) is 33.8 Å². The number of carbonyl (C=O) groups excluding carboxylic acids is 1. The lowest BCUT2D eigenvalue weighted by Crippen LogP contribution is -2.58. The number of hydrogen-bond acceptors (Lipinski definition) is 5. The van der Waals surface area contributed by atoms with E-state index >= 15 is 0 Å². The van der Waals surface area contributed by atoms with Crippen molar-refractivity contribution in [3.05, 3.63) is 23.9 Å². The molecule has 1 saturated heterocycles. The lowest BCUT2D eigenvalue weighted by molar-refractivity contribution is 0.0448. The van der Waals surface area contributed by atoms with Gasteiger partial charge in [0, 0.05) is 38.4 Å². The number of nitrogens with one attached hydrogen (secondary N) is 3. The lowest BCUT2D eigenvalue weighted by atomic mass is 9.93. The second-order valence-corrected chi connectivity index (χ2v) is 9.58. The van der Waals surface area contributed by atoms with Crippen molar-refractivity contribution in [1.29, 1.82) is 0 Å². The summed E-state index contributed by atoms with van der Waals surface area (Å²) in [5.41, 5.74) is 0.119. The third-order valence-electron chi connectivity index (χ3n) is 5.97. The standard InChI is InChI=1S/C24H42N6O2.HI/c1-8-24(9-2,29-22(31)32-23(4,5)6)17-26-21(25-7)28-19-13-15-30(16-14-19)20-12-10-11-18(3)27-20;/h10-12,19H,8-9,13-17H2,1-7H3,(H,29,31)(H2,25,26,28);1H. The summed E-state index contributed by atoms with van der Waals surface area (Å²) in [6, 6.07) is 6.51. The summed E-state index contributed by atoms with van der Waals surface area (Å²) in [5, 5.41) is 10.0. The fourth-order valence-electron chi connectivity index (χ4n) is 3.84. The largest absolute Gasteiger partial charge is 0.444 e. The van der Waals surface area contributed by atoms with E-state index in [0.717, 1.165) is 56.2 Å². The number of anilines is 1. The van der Waals surface area contributed by atoms with Crippen LogP contribution in [-0.4, -0.2) is 60.9 Å². The minimum atomic E-state index is -0.523. The highest BCUT2D eigenvalue weighted by atomic mass is 127. The molecule has 1 amide bonds. The van der Waals surface area contributed by atoms with Crippen molar-refractivity contribution in [2.75, 3.05) is 31.6 Å². The van der Waals surface area contributed by atoms with Gasteiger partial charge in [-0.3, -0.25) is 4.99 Å². The number of aromatic nitrogens is 1. The van der Waals surface area contributed by atoms with Crippen LogP contribution in [0.2, 0.25) is 0 Å². The Morgan fingerprint density at radius 1 is 1.21 bits per heavy atom. The summed E-state index contributed by atoms with van der Waals surface area (Å²) in [6.07, 6.45) is 3.21. The molecule has 0 radical (unpaired) electrons. The predicted octanol–water partition coefficient (Wildman–Crippen LogP) is 4.23. The molecule has 2 heterocycles. The Bertz CT molecular complexity index is 768. The van der Waals surface area contributed by atoms with Crippen molar-refractivity contribution in [3.8, 4) is 0 Å². The first-order chi connectivity index (χ1) is 15.1. The molecular weight excluding hydrogens is 531 g/mol. The van der Waals surface area contributed by atoms with Crippen molar-refractivity contribution in [1.82, 2.24) is 20.9 Å². The van der Waals surface area contributed by atoms with E-state index in [4.69, 9.17) is 4.74 Å². The topological polar surface area (TPSA) is 90.9 Å². The van der Waals surface area contributed by atoms with Crippen LogP contribution in [0.25, 0.3) is 0 Å². The van der Waals surface area contributed by atoms with Gasteiger partial charge in [-0.25, -0.2) is 9.78 Å². The maximum atomic E-state index is 12.4. The molecule has 9 heteroatoms. The highest BCUT2D eigenvalue weighted by Crippen LogP contribution is 2.19.